The highest BCUT2D eigenvalue weighted by Crippen LogP contribution is 2.16. The van der Waals surface area contributed by atoms with Crippen LogP contribution in [0.3, 0.4) is 0 Å². The van der Waals surface area contributed by atoms with Crippen molar-refractivity contribution in [2.24, 2.45) is 0 Å². The van der Waals surface area contributed by atoms with Crippen molar-refractivity contribution >= 4 is 0 Å². The maximum Gasteiger partial charge on any atom is 0.0873 e. The minimum atomic E-state index is 0.580. The van der Waals surface area contributed by atoms with E-state index in [4.69, 9.17) is 9.47 Å². The fourth-order valence-electron chi connectivity index (χ4n) is 0.956. The lowest BCUT2D eigenvalue weighted by Gasteiger charge is -1.98. The van der Waals surface area contributed by atoms with Crippen molar-refractivity contribution in [1.29, 1.82) is 0 Å². The second-order valence-electron chi connectivity index (χ2n) is 2.79. The molecule has 1 fully saturated rings. The van der Waals surface area contributed by atoms with Gasteiger partial charge >= 0.3 is 0 Å². The van der Waals surface area contributed by atoms with Crippen molar-refractivity contribution in [3.8, 4) is 0 Å². The summed E-state index contributed by atoms with van der Waals surface area (Å²) >= 11 is 0. The maximum absolute atomic E-state index is 5.16. The van der Waals surface area contributed by atoms with Crippen LogP contribution in [0.2, 0.25) is 0 Å². The lowest BCUT2D eigenvalue weighted by Crippen LogP contribution is -1.90. The van der Waals surface area contributed by atoms with E-state index in [0.717, 1.165) is 19.6 Å². The van der Waals surface area contributed by atoms with Crippen LogP contribution in [-0.2, 0) is 9.47 Å². The summed E-state index contributed by atoms with van der Waals surface area (Å²) < 4.78 is 10.2. The summed E-state index contributed by atoms with van der Waals surface area (Å²) in [5, 5.41) is 0. The fourth-order valence-corrected chi connectivity index (χ4v) is 0.956. The van der Waals surface area contributed by atoms with E-state index in [-0.39, 0.29) is 0 Å². The van der Waals surface area contributed by atoms with Crippen molar-refractivity contribution in [3.05, 3.63) is 12.3 Å². The number of rotatable bonds is 6. The van der Waals surface area contributed by atoms with Crippen LogP contribution in [0, 0.1) is 0 Å². The smallest absolute Gasteiger partial charge is 0.0873 e. The Bertz CT molecular complexity index is 117. The quantitative estimate of drug-likeness (QED) is 0.334. The van der Waals surface area contributed by atoms with Gasteiger partial charge in [-0.25, -0.2) is 0 Å². The van der Waals surface area contributed by atoms with E-state index in [1.54, 1.807) is 6.26 Å². The zero-order valence-corrected chi connectivity index (χ0v) is 7.08. The van der Waals surface area contributed by atoms with Gasteiger partial charge in [0.2, 0.25) is 0 Å². The average Bonchev–Trinajstić information content (AvgIpc) is 2.80. The van der Waals surface area contributed by atoms with Crippen molar-refractivity contribution in [2.75, 3.05) is 13.2 Å². The number of unbranched alkanes of at least 4 members (excludes halogenated alkanes) is 1. The van der Waals surface area contributed by atoms with E-state index in [0.29, 0.717) is 6.10 Å². The number of ether oxygens (including phenoxy) is 2. The third-order valence-electron chi connectivity index (χ3n) is 1.67. The number of hydrogen-bond donors (Lipinski definition) is 0. The summed E-state index contributed by atoms with van der Waals surface area (Å²) in [4.78, 5) is 0. The predicted octanol–water partition coefficient (Wildman–Crippen LogP) is 2.11. The molecule has 2 nitrogen and oxygen atoms in total. The molecule has 1 aliphatic heterocycles. The molecule has 0 N–H and O–H groups in total. The van der Waals surface area contributed by atoms with Gasteiger partial charge in [-0.2, -0.15) is 0 Å². The van der Waals surface area contributed by atoms with E-state index in [1.165, 1.54) is 12.8 Å². The Balaban J connectivity index is 1.72. The highest BCUT2D eigenvalue weighted by molar-refractivity contribution is 4.68. The first kappa shape index (κ1) is 8.60. The molecule has 1 unspecified atom stereocenters. The van der Waals surface area contributed by atoms with Gasteiger partial charge in [-0.1, -0.05) is 6.08 Å². The molecule has 0 amide bonds. The Kier molecular flexibility index (Phi) is 4.06. The van der Waals surface area contributed by atoms with E-state index in [1.807, 2.05) is 13.0 Å². The summed E-state index contributed by atoms with van der Waals surface area (Å²) in [6.45, 7) is 3.78. The molecule has 1 aliphatic rings. The molecule has 0 bridgehead atoms. The minimum absolute atomic E-state index is 0.580. The Labute approximate surface area is 68.2 Å². The summed E-state index contributed by atoms with van der Waals surface area (Å²) in [5.41, 5.74) is 0. The molecule has 1 heterocycles. The highest BCUT2D eigenvalue weighted by Gasteiger charge is 2.20. The summed E-state index contributed by atoms with van der Waals surface area (Å²) in [6.07, 6.45) is 7.81. The zero-order valence-electron chi connectivity index (χ0n) is 7.08. The molecule has 64 valence electrons. The average molecular weight is 156 g/mol. The van der Waals surface area contributed by atoms with Crippen LogP contribution < -0.4 is 0 Å². The van der Waals surface area contributed by atoms with Crippen molar-refractivity contribution in [3.63, 3.8) is 0 Å². The van der Waals surface area contributed by atoms with Gasteiger partial charge in [0.15, 0.2) is 0 Å². The molecule has 0 aromatic rings. The van der Waals surface area contributed by atoms with Crippen molar-refractivity contribution in [1.82, 2.24) is 0 Å². The van der Waals surface area contributed by atoms with Crippen LogP contribution in [0.1, 0.15) is 26.2 Å². The lowest BCUT2D eigenvalue weighted by molar-refractivity contribution is 0.238. The SMILES string of the molecule is CC=COCCCCC1CO1. The maximum atomic E-state index is 5.16. The van der Waals surface area contributed by atoms with Crippen LogP contribution in [0.4, 0.5) is 0 Å². The number of allylic oxidation sites excluding steroid dienone is 1. The molecular weight excluding hydrogens is 140 g/mol. The van der Waals surface area contributed by atoms with Crippen molar-refractivity contribution in [2.45, 2.75) is 32.3 Å². The Morgan fingerprint density at radius 2 is 2.36 bits per heavy atom. The largest absolute Gasteiger partial charge is 0.502 e. The van der Waals surface area contributed by atoms with Crippen LogP contribution in [-0.4, -0.2) is 19.3 Å². The van der Waals surface area contributed by atoms with Crippen LogP contribution in [0.25, 0.3) is 0 Å². The molecule has 1 atom stereocenters. The van der Waals surface area contributed by atoms with Crippen LogP contribution in [0.5, 0.6) is 0 Å². The highest BCUT2D eigenvalue weighted by atomic mass is 16.6. The van der Waals surface area contributed by atoms with E-state index < -0.39 is 0 Å². The van der Waals surface area contributed by atoms with Gasteiger partial charge in [0, 0.05) is 0 Å². The molecule has 2 heteroatoms. The third kappa shape index (κ3) is 4.85. The monoisotopic (exact) mass is 156 g/mol. The summed E-state index contributed by atoms with van der Waals surface area (Å²) in [7, 11) is 0. The van der Waals surface area contributed by atoms with Gasteiger partial charge in [0.05, 0.1) is 25.6 Å². The van der Waals surface area contributed by atoms with Gasteiger partial charge in [0.25, 0.3) is 0 Å². The van der Waals surface area contributed by atoms with Gasteiger partial charge in [-0.15, -0.1) is 0 Å². The molecule has 1 rings (SSSR count). The molecule has 11 heavy (non-hydrogen) atoms. The first-order valence-electron chi connectivity index (χ1n) is 4.28. The molecule has 0 aromatic heterocycles. The Hall–Kier alpha value is -0.500. The normalized spacial score (nSPS) is 22.5. The molecule has 0 radical (unpaired) electrons. The van der Waals surface area contributed by atoms with Gasteiger partial charge < -0.3 is 9.47 Å². The standard InChI is InChI=1S/C9H16O2/c1-2-6-10-7-4-3-5-9-8-11-9/h2,6,9H,3-5,7-8H2,1H3. The second-order valence-corrected chi connectivity index (χ2v) is 2.79. The van der Waals surface area contributed by atoms with Gasteiger partial charge in [-0.3, -0.25) is 0 Å². The molecule has 0 aromatic carbocycles. The molecular formula is C9H16O2. The van der Waals surface area contributed by atoms with Crippen LogP contribution >= 0.6 is 0 Å². The van der Waals surface area contributed by atoms with E-state index in [9.17, 15) is 0 Å². The third-order valence-corrected chi connectivity index (χ3v) is 1.67. The molecule has 0 aliphatic carbocycles. The van der Waals surface area contributed by atoms with E-state index in [2.05, 4.69) is 0 Å². The Morgan fingerprint density at radius 3 is 3.00 bits per heavy atom. The summed E-state index contributed by atoms with van der Waals surface area (Å²) in [6, 6.07) is 0. The second kappa shape index (κ2) is 5.19. The zero-order chi connectivity index (χ0) is 7.94. The minimum Gasteiger partial charge on any atom is -0.502 e. The van der Waals surface area contributed by atoms with Gasteiger partial charge in [0.1, 0.15) is 0 Å². The predicted molar refractivity (Wildman–Crippen MR) is 44.4 cm³/mol. The molecule has 0 spiro atoms. The van der Waals surface area contributed by atoms with Crippen molar-refractivity contribution < 1.29 is 9.47 Å². The number of epoxide rings is 1. The number of hydrogen-bond acceptors (Lipinski definition) is 2. The fraction of sp³-hybridized carbons (Fsp3) is 0.778. The van der Waals surface area contributed by atoms with E-state index >= 15 is 0 Å². The first-order valence-corrected chi connectivity index (χ1v) is 4.28. The van der Waals surface area contributed by atoms with Gasteiger partial charge in [-0.05, 0) is 26.2 Å². The van der Waals surface area contributed by atoms with Crippen LogP contribution in [0.15, 0.2) is 12.3 Å². The molecule has 0 saturated carbocycles. The Morgan fingerprint density at radius 1 is 1.55 bits per heavy atom. The summed E-state index contributed by atoms with van der Waals surface area (Å²) in [5.74, 6) is 0. The lowest BCUT2D eigenvalue weighted by atomic mass is 10.2. The topological polar surface area (TPSA) is 21.8 Å². The molecule has 1 saturated heterocycles. The first-order chi connectivity index (χ1) is 5.43.